The second-order valence-corrected chi connectivity index (χ2v) is 9.55. The standard InChI is InChI=1S/C15H21Br2FN2O2S/c1-10-4-3-5-20(9-10)11(2)8-19-23(21,22)15-13(16)6-12(18)7-14(15)17/h6-7,10-11,19H,3-5,8-9H2,1-2H3. The van der Waals surface area contributed by atoms with Crippen LogP contribution < -0.4 is 4.72 Å². The lowest BCUT2D eigenvalue weighted by molar-refractivity contribution is 0.140. The Balaban J connectivity index is 2.07. The first-order chi connectivity index (χ1) is 10.7. The van der Waals surface area contributed by atoms with Crippen LogP contribution in [0.25, 0.3) is 0 Å². The van der Waals surface area contributed by atoms with Crippen molar-refractivity contribution in [1.82, 2.24) is 9.62 Å². The molecule has 0 aliphatic carbocycles. The molecule has 2 rings (SSSR count). The minimum absolute atomic E-state index is 0.0260. The van der Waals surface area contributed by atoms with Crippen molar-refractivity contribution in [3.63, 3.8) is 0 Å². The molecule has 1 aliphatic rings. The molecule has 1 fully saturated rings. The van der Waals surface area contributed by atoms with Crippen LogP contribution in [0.15, 0.2) is 26.0 Å². The average molecular weight is 472 g/mol. The summed E-state index contributed by atoms with van der Waals surface area (Å²) in [6.07, 6.45) is 2.37. The molecular formula is C15H21Br2FN2O2S. The largest absolute Gasteiger partial charge is 0.299 e. The van der Waals surface area contributed by atoms with Gasteiger partial charge in [-0.3, -0.25) is 4.90 Å². The SMILES string of the molecule is CC1CCCN(C(C)CNS(=O)(=O)c2c(Br)cc(F)cc2Br)C1. The Morgan fingerprint density at radius 3 is 2.57 bits per heavy atom. The number of nitrogens with one attached hydrogen (secondary N) is 1. The quantitative estimate of drug-likeness (QED) is 0.711. The maximum atomic E-state index is 13.3. The van der Waals surface area contributed by atoms with Gasteiger partial charge >= 0.3 is 0 Å². The first-order valence-electron chi connectivity index (χ1n) is 7.59. The van der Waals surface area contributed by atoms with E-state index in [-0.39, 0.29) is 19.9 Å². The Hall–Kier alpha value is -0.0200. The van der Waals surface area contributed by atoms with E-state index in [4.69, 9.17) is 0 Å². The van der Waals surface area contributed by atoms with E-state index in [1.165, 1.54) is 6.42 Å². The van der Waals surface area contributed by atoms with Gasteiger partial charge in [0.1, 0.15) is 10.7 Å². The van der Waals surface area contributed by atoms with Gasteiger partial charge in [0.05, 0.1) is 0 Å². The fourth-order valence-electron chi connectivity index (χ4n) is 2.84. The summed E-state index contributed by atoms with van der Waals surface area (Å²) in [6.45, 7) is 6.56. The van der Waals surface area contributed by atoms with Gasteiger partial charge in [0.15, 0.2) is 0 Å². The van der Waals surface area contributed by atoms with Crippen LogP contribution in [0.5, 0.6) is 0 Å². The summed E-state index contributed by atoms with van der Waals surface area (Å²) in [5.41, 5.74) is 0. The van der Waals surface area contributed by atoms with Gasteiger partial charge in [-0.15, -0.1) is 0 Å². The molecule has 1 aliphatic heterocycles. The van der Waals surface area contributed by atoms with Crippen LogP contribution in [0.1, 0.15) is 26.7 Å². The third-order valence-corrected chi connectivity index (χ3v) is 7.41. The predicted molar refractivity (Wildman–Crippen MR) is 96.4 cm³/mol. The number of nitrogens with zero attached hydrogens (tertiary/aromatic N) is 1. The minimum Gasteiger partial charge on any atom is -0.299 e. The summed E-state index contributed by atoms with van der Waals surface area (Å²) in [7, 11) is -3.72. The van der Waals surface area contributed by atoms with E-state index in [1.807, 2.05) is 6.92 Å². The van der Waals surface area contributed by atoms with Crippen molar-refractivity contribution >= 4 is 41.9 Å². The second-order valence-electron chi connectivity index (χ2n) is 6.14. The van der Waals surface area contributed by atoms with Crippen molar-refractivity contribution < 1.29 is 12.8 Å². The second kappa shape index (κ2) is 7.91. The Kier molecular flexibility index (Phi) is 6.64. The molecule has 0 aromatic heterocycles. The molecule has 1 N–H and O–H groups in total. The average Bonchev–Trinajstić information content (AvgIpc) is 2.43. The van der Waals surface area contributed by atoms with Crippen LogP contribution in [0.2, 0.25) is 0 Å². The van der Waals surface area contributed by atoms with E-state index < -0.39 is 15.8 Å². The van der Waals surface area contributed by atoms with Gasteiger partial charge in [0.2, 0.25) is 10.0 Å². The van der Waals surface area contributed by atoms with E-state index in [1.54, 1.807) is 0 Å². The Bertz CT molecular complexity index is 646. The number of halogens is 3. The molecule has 130 valence electrons. The number of likely N-dealkylation sites (tertiary alicyclic amines) is 1. The lowest BCUT2D eigenvalue weighted by Gasteiger charge is -2.35. The van der Waals surface area contributed by atoms with Gasteiger partial charge in [0, 0.05) is 28.1 Å². The van der Waals surface area contributed by atoms with Crippen LogP contribution in [-0.2, 0) is 10.0 Å². The zero-order chi connectivity index (χ0) is 17.2. The highest BCUT2D eigenvalue weighted by Crippen LogP contribution is 2.31. The van der Waals surface area contributed by atoms with Crippen molar-refractivity contribution in [1.29, 1.82) is 0 Å². The lowest BCUT2D eigenvalue weighted by Crippen LogP contribution is -2.46. The zero-order valence-corrected chi connectivity index (χ0v) is 17.1. The maximum absolute atomic E-state index is 13.3. The van der Waals surface area contributed by atoms with Crippen LogP contribution >= 0.6 is 31.9 Å². The molecule has 4 nitrogen and oxygen atoms in total. The van der Waals surface area contributed by atoms with Crippen LogP contribution in [-0.4, -0.2) is 39.0 Å². The summed E-state index contributed by atoms with van der Waals surface area (Å²) < 4.78 is 41.4. The van der Waals surface area contributed by atoms with Crippen molar-refractivity contribution in [3.05, 3.63) is 26.9 Å². The van der Waals surface area contributed by atoms with E-state index in [0.717, 1.165) is 31.6 Å². The molecule has 1 aromatic carbocycles. The van der Waals surface area contributed by atoms with Crippen molar-refractivity contribution in [2.75, 3.05) is 19.6 Å². The number of hydrogen-bond acceptors (Lipinski definition) is 3. The monoisotopic (exact) mass is 470 g/mol. The highest BCUT2D eigenvalue weighted by molar-refractivity contribution is 9.11. The Morgan fingerprint density at radius 2 is 2.00 bits per heavy atom. The molecule has 0 bridgehead atoms. The van der Waals surface area contributed by atoms with Gasteiger partial charge in [-0.1, -0.05) is 6.92 Å². The highest BCUT2D eigenvalue weighted by Gasteiger charge is 2.25. The molecule has 0 saturated carbocycles. The van der Waals surface area contributed by atoms with Crippen LogP contribution in [0.4, 0.5) is 4.39 Å². The highest BCUT2D eigenvalue weighted by atomic mass is 79.9. The van der Waals surface area contributed by atoms with Gasteiger partial charge in [-0.05, 0) is 76.2 Å². The fourth-order valence-corrected chi connectivity index (χ4v) is 6.49. The molecule has 1 heterocycles. The van der Waals surface area contributed by atoms with Gasteiger partial charge < -0.3 is 0 Å². The van der Waals surface area contributed by atoms with Crippen molar-refractivity contribution in [2.45, 2.75) is 37.6 Å². The predicted octanol–water partition coefficient (Wildman–Crippen LogP) is 3.75. The van der Waals surface area contributed by atoms with Crippen LogP contribution in [0.3, 0.4) is 0 Å². The molecule has 0 spiro atoms. The fraction of sp³-hybridized carbons (Fsp3) is 0.600. The molecule has 1 saturated heterocycles. The van der Waals surface area contributed by atoms with E-state index in [2.05, 4.69) is 48.4 Å². The Labute approximate surface area is 154 Å². The van der Waals surface area contributed by atoms with Crippen molar-refractivity contribution in [3.8, 4) is 0 Å². The number of piperidine rings is 1. The number of hydrogen-bond donors (Lipinski definition) is 1. The Morgan fingerprint density at radius 1 is 1.39 bits per heavy atom. The van der Waals surface area contributed by atoms with Gasteiger partial charge in [-0.25, -0.2) is 17.5 Å². The number of rotatable bonds is 5. The molecule has 1 aromatic rings. The smallest absolute Gasteiger partial charge is 0.242 e. The first kappa shape index (κ1) is 19.3. The summed E-state index contributed by atoms with van der Waals surface area (Å²) >= 11 is 6.25. The summed E-state index contributed by atoms with van der Waals surface area (Å²) in [5.74, 6) is 0.140. The van der Waals surface area contributed by atoms with Gasteiger partial charge in [0.25, 0.3) is 0 Å². The lowest BCUT2D eigenvalue weighted by atomic mass is 9.99. The zero-order valence-electron chi connectivity index (χ0n) is 13.2. The first-order valence-corrected chi connectivity index (χ1v) is 10.7. The molecule has 2 atom stereocenters. The molecule has 0 radical (unpaired) electrons. The topological polar surface area (TPSA) is 49.4 Å². The third-order valence-electron chi connectivity index (χ3n) is 4.11. The number of sulfonamides is 1. The van der Waals surface area contributed by atoms with Gasteiger partial charge in [-0.2, -0.15) is 0 Å². The maximum Gasteiger partial charge on any atom is 0.242 e. The minimum atomic E-state index is -3.72. The van der Waals surface area contributed by atoms with Crippen LogP contribution in [0, 0.1) is 11.7 Å². The number of benzene rings is 1. The van der Waals surface area contributed by atoms with E-state index >= 15 is 0 Å². The molecule has 2 unspecified atom stereocenters. The molecular weight excluding hydrogens is 451 g/mol. The summed E-state index contributed by atoms with van der Waals surface area (Å²) in [5, 5.41) is 0. The third kappa shape index (κ3) is 4.98. The molecule has 8 heteroatoms. The normalized spacial score (nSPS) is 21.3. The summed E-state index contributed by atoms with van der Waals surface area (Å²) in [4.78, 5) is 2.34. The van der Waals surface area contributed by atoms with Crippen molar-refractivity contribution in [2.24, 2.45) is 5.92 Å². The van der Waals surface area contributed by atoms with E-state index in [0.29, 0.717) is 12.5 Å². The molecule has 23 heavy (non-hydrogen) atoms. The molecule has 0 amide bonds. The summed E-state index contributed by atoms with van der Waals surface area (Å²) in [6, 6.07) is 2.41. The van der Waals surface area contributed by atoms with E-state index in [9.17, 15) is 12.8 Å².